The van der Waals surface area contributed by atoms with E-state index in [4.69, 9.17) is 5.73 Å². The van der Waals surface area contributed by atoms with Gasteiger partial charge in [0.05, 0.1) is 6.04 Å². The first kappa shape index (κ1) is 13.0. The number of pyridine rings is 1. The van der Waals surface area contributed by atoms with E-state index in [9.17, 15) is 0 Å². The standard InChI is InChI=1S/C15H24N4/c1-12(16)15(13-3-2-6-17-11-13)19-9-7-18(8-10-19)14-4-5-14/h2-3,6,11-12,14-15H,4-5,7-10,16H2,1H3. The molecule has 0 radical (unpaired) electrons. The SMILES string of the molecule is CC(N)C(c1cccnc1)N1CCN(C2CC2)CC1. The molecule has 2 atom stereocenters. The van der Waals surface area contributed by atoms with Crippen molar-refractivity contribution in [3.63, 3.8) is 0 Å². The first-order valence-corrected chi connectivity index (χ1v) is 7.39. The van der Waals surface area contributed by atoms with Gasteiger partial charge >= 0.3 is 0 Å². The zero-order chi connectivity index (χ0) is 13.2. The highest BCUT2D eigenvalue weighted by Gasteiger charge is 2.34. The van der Waals surface area contributed by atoms with Crippen LogP contribution in [-0.4, -0.2) is 53.0 Å². The van der Waals surface area contributed by atoms with Crippen LogP contribution in [0.2, 0.25) is 0 Å². The van der Waals surface area contributed by atoms with Crippen LogP contribution < -0.4 is 5.73 Å². The van der Waals surface area contributed by atoms with E-state index in [1.54, 1.807) is 0 Å². The predicted octanol–water partition coefficient (Wildman–Crippen LogP) is 1.25. The maximum atomic E-state index is 6.22. The Bertz CT molecular complexity index is 394. The van der Waals surface area contributed by atoms with Crippen molar-refractivity contribution >= 4 is 0 Å². The summed E-state index contributed by atoms with van der Waals surface area (Å²) >= 11 is 0. The molecule has 2 unspecified atom stereocenters. The van der Waals surface area contributed by atoms with Crippen molar-refractivity contribution < 1.29 is 0 Å². The van der Waals surface area contributed by atoms with Crippen LogP contribution >= 0.6 is 0 Å². The van der Waals surface area contributed by atoms with Gasteiger partial charge in [0.25, 0.3) is 0 Å². The lowest BCUT2D eigenvalue weighted by Crippen LogP contribution is -2.51. The molecule has 104 valence electrons. The Morgan fingerprint density at radius 2 is 2.00 bits per heavy atom. The summed E-state index contributed by atoms with van der Waals surface area (Å²) in [5.41, 5.74) is 7.47. The number of hydrogen-bond acceptors (Lipinski definition) is 4. The summed E-state index contributed by atoms with van der Waals surface area (Å²) < 4.78 is 0. The average molecular weight is 260 g/mol. The third-order valence-corrected chi connectivity index (χ3v) is 4.33. The lowest BCUT2D eigenvalue weighted by molar-refractivity contribution is 0.0824. The monoisotopic (exact) mass is 260 g/mol. The summed E-state index contributed by atoms with van der Waals surface area (Å²) in [5, 5.41) is 0. The molecule has 1 saturated heterocycles. The summed E-state index contributed by atoms with van der Waals surface area (Å²) in [6, 6.07) is 5.47. The van der Waals surface area contributed by atoms with Crippen LogP contribution in [0.4, 0.5) is 0 Å². The van der Waals surface area contributed by atoms with Gasteiger partial charge in [-0.3, -0.25) is 14.8 Å². The second-order valence-electron chi connectivity index (χ2n) is 5.89. The van der Waals surface area contributed by atoms with Crippen LogP contribution in [0.3, 0.4) is 0 Å². The van der Waals surface area contributed by atoms with Gasteiger partial charge in [0.1, 0.15) is 0 Å². The average Bonchev–Trinajstić information content (AvgIpc) is 3.25. The molecule has 1 aliphatic carbocycles. The van der Waals surface area contributed by atoms with Crippen molar-refractivity contribution in [2.45, 2.75) is 37.9 Å². The number of aromatic nitrogens is 1. The van der Waals surface area contributed by atoms with Gasteiger partial charge in [0.15, 0.2) is 0 Å². The van der Waals surface area contributed by atoms with Crippen molar-refractivity contribution in [2.75, 3.05) is 26.2 Å². The van der Waals surface area contributed by atoms with Gasteiger partial charge in [-0.15, -0.1) is 0 Å². The number of nitrogens with zero attached hydrogens (tertiary/aromatic N) is 3. The fraction of sp³-hybridized carbons (Fsp3) is 0.667. The minimum absolute atomic E-state index is 0.136. The van der Waals surface area contributed by atoms with E-state index in [0.29, 0.717) is 6.04 Å². The van der Waals surface area contributed by atoms with Crippen LogP contribution in [0, 0.1) is 0 Å². The molecule has 1 aromatic heterocycles. The normalized spacial score (nSPS) is 25.2. The maximum Gasteiger partial charge on any atom is 0.0512 e. The quantitative estimate of drug-likeness (QED) is 0.885. The first-order chi connectivity index (χ1) is 9.25. The summed E-state index contributed by atoms with van der Waals surface area (Å²) in [6.07, 6.45) is 6.59. The van der Waals surface area contributed by atoms with Crippen LogP contribution in [0.25, 0.3) is 0 Å². The first-order valence-electron chi connectivity index (χ1n) is 7.39. The van der Waals surface area contributed by atoms with Crippen LogP contribution in [0.1, 0.15) is 31.4 Å². The van der Waals surface area contributed by atoms with Crippen molar-refractivity contribution in [1.29, 1.82) is 0 Å². The molecule has 2 N–H and O–H groups in total. The zero-order valence-corrected chi connectivity index (χ0v) is 11.7. The van der Waals surface area contributed by atoms with E-state index < -0.39 is 0 Å². The molecule has 4 nitrogen and oxygen atoms in total. The molecule has 4 heteroatoms. The van der Waals surface area contributed by atoms with E-state index in [2.05, 4.69) is 27.8 Å². The summed E-state index contributed by atoms with van der Waals surface area (Å²) in [7, 11) is 0. The highest BCUT2D eigenvalue weighted by atomic mass is 15.3. The lowest BCUT2D eigenvalue weighted by Gasteiger charge is -2.41. The van der Waals surface area contributed by atoms with E-state index in [0.717, 1.165) is 19.1 Å². The Hall–Kier alpha value is -0.970. The fourth-order valence-electron chi connectivity index (χ4n) is 3.22. The summed E-state index contributed by atoms with van der Waals surface area (Å²) in [5.74, 6) is 0. The molecule has 1 saturated carbocycles. The Labute approximate surface area is 115 Å². The molecular formula is C15H24N4. The van der Waals surface area contributed by atoms with Gasteiger partial charge in [0, 0.05) is 50.7 Å². The second kappa shape index (κ2) is 5.57. The molecule has 1 aromatic rings. The summed E-state index contributed by atoms with van der Waals surface area (Å²) in [4.78, 5) is 9.41. The van der Waals surface area contributed by atoms with Gasteiger partial charge in [-0.1, -0.05) is 6.07 Å². The fourth-order valence-corrected chi connectivity index (χ4v) is 3.22. The number of hydrogen-bond donors (Lipinski definition) is 1. The highest BCUT2D eigenvalue weighted by Crippen LogP contribution is 2.30. The third kappa shape index (κ3) is 2.96. The smallest absolute Gasteiger partial charge is 0.0512 e. The van der Waals surface area contributed by atoms with E-state index in [1.165, 1.54) is 31.5 Å². The van der Waals surface area contributed by atoms with Crippen molar-refractivity contribution in [2.24, 2.45) is 5.73 Å². The number of nitrogens with two attached hydrogens (primary N) is 1. The molecule has 0 amide bonds. The Morgan fingerprint density at radius 3 is 2.53 bits per heavy atom. The molecule has 19 heavy (non-hydrogen) atoms. The van der Waals surface area contributed by atoms with Gasteiger partial charge in [-0.2, -0.15) is 0 Å². The minimum Gasteiger partial charge on any atom is -0.326 e. The molecule has 1 aliphatic heterocycles. The second-order valence-corrected chi connectivity index (χ2v) is 5.89. The molecule has 0 bridgehead atoms. The molecular weight excluding hydrogens is 236 g/mol. The molecule has 2 aliphatic rings. The molecule has 0 spiro atoms. The zero-order valence-electron chi connectivity index (χ0n) is 11.7. The van der Waals surface area contributed by atoms with Gasteiger partial charge < -0.3 is 5.73 Å². The Morgan fingerprint density at radius 1 is 1.26 bits per heavy atom. The molecule has 3 rings (SSSR count). The third-order valence-electron chi connectivity index (χ3n) is 4.33. The topological polar surface area (TPSA) is 45.4 Å². The maximum absolute atomic E-state index is 6.22. The largest absolute Gasteiger partial charge is 0.326 e. The van der Waals surface area contributed by atoms with Gasteiger partial charge in [-0.25, -0.2) is 0 Å². The van der Waals surface area contributed by atoms with Gasteiger partial charge in [-0.05, 0) is 31.4 Å². The molecule has 2 fully saturated rings. The van der Waals surface area contributed by atoms with E-state index in [-0.39, 0.29) is 6.04 Å². The van der Waals surface area contributed by atoms with Crippen LogP contribution in [0.15, 0.2) is 24.5 Å². The van der Waals surface area contributed by atoms with Gasteiger partial charge in [0.2, 0.25) is 0 Å². The van der Waals surface area contributed by atoms with Crippen LogP contribution in [-0.2, 0) is 0 Å². The molecule has 0 aromatic carbocycles. The predicted molar refractivity (Wildman–Crippen MR) is 76.8 cm³/mol. The molecule has 2 heterocycles. The minimum atomic E-state index is 0.136. The van der Waals surface area contributed by atoms with E-state index in [1.807, 2.05) is 18.5 Å². The lowest BCUT2D eigenvalue weighted by atomic mass is 10.00. The Balaban J connectivity index is 1.68. The van der Waals surface area contributed by atoms with E-state index >= 15 is 0 Å². The summed E-state index contributed by atoms with van der Waals surface area (Å²) in [6.45, 7) is 6.72. The van der Waals surface area contributed by atoms with Crippen LogP contribution in [0.5, 0.6) is 0 Å². The van der Waals surface area contributed by atoms with Crippen molar-refractivity contribution in [3.8, 4) is 0 Å². The van der Waals surface area contributed by atoms with Crippen molar-refractivity contribution in [1.82, 2.24) is 14.8 Å². The highest BCUT2D eigenvalue weighted by molar-refractivity contribution is 5.16. The Kier molecular flexibility index (Phi) is 3.82. The number of rotatable bonds is 4. The van der Waals surface area contributed by atoms with Crippen molar-refractivity contribution in [3.05, 3.63) is 30.1 Å². The number of piperazine rings is 1.